The fourth-order valence-corrected chi connectivity index (χ4v) is 7.20. The molecule has 7 rings (SSSR count). The Balaban J connectivity index is 1.12. The van der Waals surface area contributed by atoms with Gasteiger partial charge in [0.1, 0.15) is 17.2 Å². The van der Waals surface area contributed by atoms with Crippen LogP contribution in [-0.2, 0) is 14.9 Å². The Bertz CT molecular complexity index is 1980. The van der Waals surface area contributed by atoms with Crippen LogP contribution in [0.2, 0.25) is 0 Å². The summed E-state index contributed by atoms with van der Waals surface area (Å²) in [5.41, 5.74) is 17.9. The number of hydrogen-bond donors (Lipinski definition) is 5. The SMILES string of the molecule is [B]C([B])(c1cccc(C(=O)N2CCCC2)n1)N1CC(n2ncc3c2C(C)N(C)c2c(NC(/C=C(\N)NC(=O)C4CC4)=C(/N)C(=O)NC)cccc2-3)C1. The average Bonchev–Trinajstić information content (AvgIpc) is 3.65. The predicted molar refractivity (Wildman–Crippen MR) is 200 cm³/mol. The van der Waals surface area contributed by atoms with E-state index in [1.54, 1.807) is 18.2 Å². The quantitative estimate of drug-likeness (QED) is 0.118. The minimum absolute atomic E-state index is 0.00389. The first-order valence-corrected chi connectivity index (χ1v) is 17.7. The third-order valence-electron chi connectivity index (χ3n) is 10.5. The molecule has 0 spiro atoms. The average molecular weight is 699 g/mol. The van der Waals surface area contributed by atoms with Crippen LogP contribution in [0.1, 0.15) is 66.6 Å². The number of rotatable bonds is 10. The lowest BCUT2D eigenvalue weighted by Crippen LogP contribution is -2.60. The summed E-state index contributed by atoms with van der Waals surface area (Å²) in [5.74, 6) is -0.722. The molecule has 4 aliphatic rings. The van der Waals surface area contributed by atoms with E-state index in [-0.39, 0.29) is 47.0 Å². The summed E-state index contributed by atoms with van der Waals surface area (Å²) >= 11 is 0. The van der Waals surface area contributed by atoms with Crippen LogP contribution in [0.15, 0.2) is 65.9 Å². The molecule has 2 saturated heterocycles. The van der Waals surface area contributed by atoms with Crippen LogP contribution in [0.4, 0.5) is 11.4 Å². The third-order valence-corrected chi connectivity index (χ3v) is 10.5. The minimum atomic E-state index is -1.37. The van der Waals surface area contributed by atoms with E-state index in [0.29, 0.717) is 30.2 Å². The van der Waals surface area contributed by atoms with Crippen molar-refractivity contribution in [2.24, 2.45) is 17.4 Å². The van der Waals surface area contributed by atoms with Gasteiger partial charge in [0.05, 0.1) is 56.7 Å². The van der Waals surface area contributed by atoms with Crippen molar-refractivity contribution in [3.05, 3.63) is 83.0 Å². The van der Waals surface area contributed by atoms with Crippen molar-refractivity contribution in [2.75, 3.05) is 50.5 Å². The van der Waals surface area contributed by atoms with E-state index >= 15 is 0 Å². The van der Waals surface area contributed by atoms with Crippen molar-refractivity contribution < 1.29 is 14.4 Å². The molecule has 0 bridgehead atoms. The molecular weight excluding hydrogens is 656 g/mol. The third kappa shape index (κ3) is 6.40. The number of pyridine rings is 1. The van der Waals surface area contributed by atoms with Gasteiger partial charge in [0.2, 0.25) is 5.91 Å². The number of amides is 3. The molecule has 3 fully saturated rings. The first kappa shape index (κ1) is 35.2. The Hall–Kier alpha value is -5.24. The molecule has 7 N–H and O–H groups in total. The summed E-state index contributed by atoms with van der Waals surface area (Å²) in [7, 11) is 16.9. The molecule has 1 atom stereocenters. The molecular formula is C36H43B2N11O3. The topological polar surface area (TPSA) is 180 Å². The number of benzene rings is 1. The van der Waals surface area contributed by atoms with Gasteiger partial charge in [-0.2, -0.15) is 5.10 Å². The number of likely N-dealkylation sites (tertiary alicyclic amines) is 2. The summed E-state index contributed by atoms with van der Waals surface area (Å²) in [6.45, 7) is 4.65. The number of para-hydroxylation sites is 1. The van der Waals surface area contributed by atoms with Crippen LogP contribution in [0.25, 0.3) is 11.1 Å². The number of fused-ring (bicyclic) bond motifs is 3. The van der Waals surface area contributed by atoms with Gasteiger partial charge in [-0.3, -0.25) is 19.1 Å². The van der Waals surface area contributed by atoms with Gasteiger partial charge in [-0.15, -0.1) is 0 Å². The molecule has 4 radical (unpaired) electrons. The Morgan fingerprint density at radius 3 is 2.42 bits per heavy atom. The molecule has 14 nitrogen and oxygen atoms in total. The lowest BCUT2D eigenvalue weighted by molar-refractivity contribution is -0.121. The molecule has 3 amide bonds. The molecule has 3 aromatic rings. The number of nitrogens with one attached hydrogen (secondary N) is 3. The normalized spacial score (nSPS) is 19.7. The Morgan fingerprint density at radius 2 is 1.73 bits per heavy atom. The van der Waals surface area contributed by atoms with Gasteiger partial charge in [0, 0.05) is 69.1 Å². The second kappa shape index (κ2) is 13.7. The Kier molecular flexibility index (Phi) is 9.28. The van der Waals surface area contributed by atoms with Gasteiger partial charge in [-0.25, -0.2) is 4.98 Å². The van der Waals surface area contributed by atoms with Crippen LogP contribution >= 0.6 is 0 Å². The zero-order valence-electron chi connectivity index (χ0n) is 29.7. The summed E-state index contributed by atoms with van der Waals surface area (Å²) in [5, 5.41) is 12.1. The van der Waals surface area contributed by atoms with Gasteiger partial charge in [0.25, 0.3) is 11.8 Å². The number of nitrogens with zero attached hydrogens (tertiary/aromatic N) is 6. The van der Waals surface area contributed by atoms with Gasteiger partial charge >= 0.3 is 0 Å². The maximum absolute atomic E-state index is 13.0. The van der Waals surface area contributed by atoms with Crippen molar-refractivity contribution in [2.45, 2.75) is 50.0 Å². The van der Waals surface area contributed by atoms with Crippen LogP contribution in [0.5, 0.6) is 0 Å². The van der Waals surface area contributed by atoms with E-state index in [9.17, 15) is 14.4 Å². The largest absolute Gasteiger partial charge is 0.393 e. The number of carbonyl (C=O) groups is 3. The second-order valence-electron chi connectivity index (χ2n) is 14.1. The molecule has 52 heavy (non-hydrogen) atoms. The molecule has 266 valence electrons. The number of aromatic nitrogens is 3. The number of hydrogen-bond acceptors (Lipinski definition) is 10. The van der Waals surface area contributed by atoms with Gasteiger partial charge in [-0.1, -0.05) is 18.2 Å². The van der Waals surface area contributed by atoms with Crippen molar-refractivity contribution in [3.63, 3.8) is 0 Å². The van der Waals surface area contributed by atoms with E-state index < -0.39 is 11.2 Å². The predicted octanol–water partition coefficient (Wildman–Crippen LogP) is 1.35. The van der Waals surface area contributed by atoms with E-state index in [1.165, 1.54) is 13.1 Å². The first-order valence-electron chi connectivity index (χ1n) is 17.7. The number of likely N-dealkylation sites (N-methyl/N-ethyl adjacent to an activating group) is 1. The molecule has 1 unspecified atom stereocenters. The maximum Gasteiger partial charge on any atom is 0.272 e. The molecule has 1 aromatic carbocycles. The van der Waals surface area contributed by atoms with Crippen molar-refractivity contribution in [3.8, 4) is 11.1 Å². The highest BCUT2D eigenvalue weighted by Gasteiger charge is 2.42. The number of nitrogens with two attached hydrogens (primary N) is 2. The van der Waals surface area contributed by atoms with E-state index in [4.69, 9.17) is 32.3 Å². The molecule has 2 aromatic heterocycles. The highest BCUT2D eigenvalue weighted by Crippen LogP contribution is 2.49. The molecule has 1 aliphatic carbocycles. The summed E-state index contributed by atoms with van der Waals surface area (Å²) in [4.78, 5) is 48.5. The van der Waals surface area contributed by atoms with Gasteiger partial charge in [-0.05, 0) is 56.1 Å². The van der Waals surface area contributed by atoms with Crippen molar-refractivity contribution in [1.82, 2.24) is 35.2 Å². The number of anilines is 2. The smallest absolute Gasteiger partial charge is 0.272 e. The summed E-state index contributed by atoms with van der Waals surface area (Å²) < 4.78 is 2.05. The second-order valence-corrected chi connectivity index (χ2v) is 14.1. The molecule has 5 heterocycles. The zero-order chi connectivity index (χ0) is 36.9. The lowest BCUT2D eigenvalue weighted by Gasteiger charge is -2.50. The van der Waals surface area contributed by atoms with E-state index in [0.717, 1.165) is 61.3 Å². The van der Waals surface area contributed by atoms with Gasteiger partial charge in [0.15, 0.2) is 0 Å². The van der Waals surface area contributed by atoms with Crippen LogP contribution in [0, 0.1) is 5.92 Å². The van der Waals surface area contributed by atoms with E-state index in [1.807, 2.05) is 45.9 Å². The number of carbonyl (C=O) groups excluding carboxylic acids is 3. The summed E-state index contributed by atoms with van der Waals surface area (Å²) in [6.07, 6.45) is 6.98. The highest BCUT2D eigenvalue weighted by atomic mass is 16.2. The highest BCUT2D eigenvalue weighted by molar-refractivity contribution is 6.39. The molecule has 1 saturated carbocycles. The molecule has 16 heteroatoms. The Morgan fingerprint density at radius 1 is 1.02 bits per heavy atom. The lowest BCUT2D eigenvalue weighted by atomic mass is 9.57. The van der Waals surface area contributed by atoms with E-state index in [2.05, 4.69) is 32.8 Å². The van der Waals surface area contributed by atoms with Crippen LogP contribution in [0.3, 0.4) is 0 Å². The van der Waals surface area contributed by atoms with Crippen LogP contribution in [-0.4, -0.2) is 98.3 Å². The van der Waals surface area contributed by atoms with Gasteiger partial charge < -0.3 is 42.1 Å². The fourth-order valence-electron chi connectivity index (χ4n) is 7.20. The zero-order valence-corrected chi connectivity index (χ0v) is 29.7. The fraction of sp³-hybridized carbons (Fsp3) is 0.417. The molecule has 3 aliphatic heterocycles. The minimum Gasteiger partial charge on any atom is -0.393 e. The van der Waals surface area contributed by atoms with Crippen LogP contribution < -0.4 is 32.3 Å². The standard InChI is InChI=1S/C36H43B2N11O3/c1-20-31-24(17-42-49(31)22-18-48(19-22)36(37,38)28-11-7-10-26(44-28)35(52)47-14-4-5-15-47)23-8-6-9-25(32(23)46(20)3)43-27(30(40)34(51)41-2)16-29(39)45-33(50)21-12-13-21/h6-11,16-17,20-22,43H,4-5,12-15,18-19,39-40H2,1-3H3,(H,41,51)(H,45,50)/b29-16+,30-27+. The summed E-state index contributed by atoms with van der Waals surface area (Å²) in [6, 6.07) is 11.0. The first-order chi connectivity index (χ1) is 24.9. The maximum atomic E-state index is 13.0. The number of allylic oxidation sites excluding steroid dienone is 1. The monoisotopic (exact) mass is 699 g/mol. The van der Waals surface area contributed by atoms with Crippen molar-refractivity contribution in [1.29, 1.82) is 0 Å². The Labute approximate surface area is 305 Å². The van der Waals surface area contributed by atoms with Crippen molar-refractivity contribution >= 4 is 44.8 Å².